The van der Waals surface area contributed by atoms with Gasteiger partial charge in [0.25, 0.3) is 0 Å². The largest absolute Gasteiger partial charge is 0.478 e. The zero-order valence-corrected chi connectivity index (χ0v) is 15.7. The molecule has 0 atom stereocenters. The molecule has 0 saturated carbocycles. The van der Waals surface area contributed by atoms with Gasteiger partial charge in [0.15, 0.2) is 0 Å². The molecule has 1 aliphatic heterocycles. The lowest BCUT2D eigenvalue weighted by molar-refractivity contribution is 0.0578. The average molecular weight is 357 g/mol. The van der Waals surface area contributed by atoms with Crippen molar-refractivity contribution in [1.82, 2.24) is 9.88 Å². The van der Waals surface area contributed by atoms with Crippen LogP contribution < -0.4 is 4.90 Å². The van der Waals surface area contributed by atoms with Crippen LogP contribution in [0.15, 0.2) is 24.3 Å². The molecule has 0 aliphatic carbocycles. The highest BCUT2D eigenvalue weighted by Crippen LogP contribution is 2.29. The number of aromatic carboxylic acids is 1. The SMILES string of the molecule is Cc1c(C(=O)O)c(N2CCN(CCOC(C)C)CC2)nc2ccccc12. The maximum absolute atomic E-state index is 11.9. The highest BCUT2D eigenvalue weighted by atomic mass is 16.5. The van der Waals surface area contributed by atoms with Gasteiger partial charge in [0.1, 0.15) is 11.4 Å². The molecule has 1 fully saturated rings. The number of hydrogen-bond acceptors (Lipinski definition) is 5. The number of carboxylic acid groups (broad SMARTS) is 1. The summed E-state index contributed by atoms with van der Waals surface area (Å²) in [5.41, 5.74) is 1.95. The van der Waals surface area contributed by atoms with Gasteiger partial charge in [-0.3, -0.25) is 4.90 Å². The molecule has 0 spiro atoms. The van der Waals surface area contributed by atoms with Crippen LogP contribution in [-0.2, 0) is 4.74 Å². The van der Waals surface area contributed by atoms with Gasteiger partial charge >= 0.3 is 5.97 Å². The Morgan fingerprint density at radius 3 is 2.58 bits per heavy atom. The summed E-state index contributed by atoms with van der Waals surface area (Å²) in [6, 6.07) is 7.73. The van der Waals surface area contributed by atoms with Crippen LogP contribution in [0.5, 0.6) is 0 Å². The quantitative estimate of drug-likeness (QED) is 0.858. The lowest BCUT2D eigenvalue weighted by Gasteiger charge is -2.36. The van der Waals surface area contributed by atoms with E-state index < -0.39 is 5.97 Å². The molecule has 2 aromatic rings. The minimum Gasteiger partial charge on any atom is -0.478 e. The Balaban J connectivity index is 1.78. The fraction of sp³-hybridized carbons (Fsp3) is 0.500. The van der Waals surface area contributed by atoms with Gasteiger partial charge in [-0.25, -0.2) is 9.78 Å². The summed E-state index contributed by atoms with van der Waals surface area (Å²) in [5.74, 6) is -0.324. The fourth-order valence-electron chi connectivity index (χ4n) is 3.45. The molecule has 26 heavy (non-hydrogen) atoms. The molecule has 6 heteroatoms. The van der Waals surface area contributed by atoms with E-state index in [1.165, 1.54) is 0 Å². The number of benzene rings is 1. The number of rotatable bonds is 6. The third-order valence-corrected chi connectivity index (χ3v) is 4.88. The molecular formula is C20H27N3O3. The normalized spacial score (nSPS) is 15.8. The molecule has 6 nitrogen and oxygen atoms in total. The van der Waals surface area contributed by atoms with Gasteiger partial charge in [0.2, 0.25) is 0 Å². The summed E-state index contributed by atoms with van der Waals surface area (Å²) in [6.07, 6.45) is 0.249. The van der Waals surface area contributed by atoms with Crippen LogP contribution in [0.2, 0.25) is 0 Å². The van der Waals surface area contributed by atoms with E-state index in [4.69, 9.17) is 9.72 Å². The Morgan fingerprint density at radius 1 is 1.23 bits per heavy atom. The maximum Gasteiger partial charge on any atom is 0.339 e. The van der Waals surface area contributed by atoms with Gasteiger partial charge in [-0.05, 0) is 32.4 Å². The first-order valence-electron chi connectivity index (χ1n) is 9.19. The Hall–Kier alpha value is -2.18. The van der Waals surface area contributed by atoms with Crippen molar-refractivity contribution in [3.8, 4) is 0 Å². The van der Waals surface area contributed by atoms with Gasteiger partial charge in [-0.2, -0.15) is 0 Å². The maximum atomic E-state index is 11.9. The zero-order valence-electron chi connectivity index (χ0n) is 15.7. The topological polar surface area (TPSA) is 65.9 Å². The number of piperazine rings is 1. The minimum atomic E-state index is -0.913. The smallest absolute Gasteiger partial charge is 0.339 e. The lowest BCUT2D eigenvalue weighted by atomic mass is 10.0. The van der Waals surface area contributed by atoms with Crippen LogP contribution in [0.4, 0.5) is 5.82 Å². The number of aryl methyl sites for hydroxylation is 1. The van der Waals surface area contributed by atoms with Crippen LogP contribution in [0.25, 0.3) is 10.9 Å². The monoisotopic (exact) mass is 357 g/mol. The molecule has 0 amide bonds. The Labute approximate surface area is 154 Å². The second-order valence-electron chi connectivity index (χ2n) is 7.01. The third kappa shape index (κ3) is 3.97. The van der Waals surface area contributed by atoms with Crippen molar-refractivity contribution in [2.75, 3.05) is 44.2 Å². The van der Waals surface area contributed by atoms with Crippen LogP contribution >= 0.6 is 0 Å². The van der Waals surface area contributed by atoms with Gasteiger partial charge in [-0.1, -0.05) is 18.2 Å². The van der Waals surface area contributed by atoms with E-state index in [1.54, 1.807) is 0 Å². The van der Waals surface area contributed by atoms with Crippen LogP contribution in [0, 0.1) is 6.92 Å². The Morgan fingerprint density at radius 2 is 1.92 bits per heavy atom. The molecule has 3 rings (SSSR count). The first kappa shape index (κ1) is 18.6. The summed E-state index contributed by atoms with van der Waals surface area (Å²) in [7, 11) is 0. The Bertz CT molecular complexity index is 783. The number of nitrogens with zero attached hydrogens (tertiary/aromatic N) is 3. The van der Waals surface area contributed by atoms with Crippen molar-refractivity contribution < 1.29 is 14.6 Å². The second-order valence-corrected chi connectivity index (χ2v) is 7.01. The lowest BCUT2D eigenvalue weighted by Crippen LogP contribution is -2.48. The number of carbonyl (C=O) groups is 1. The van der Waals surface area contributed by atoms with E-state index in [0.717, 1.165) is 55.8 Å². The van der Waals surface area contributed by atoms with E-state index >= 15 is 0 Å². The molecule has 1 aliphatic rings. The van der Waals surface area contributed by atoms with Gasteiger partial charge in [0, 0.05) is 38.1 Å². The van der Waals surface area contributed by atoms with E-state index in [-0.39, 0.29) is 6.10 Å². The summed E-state index contributed by atoms with van der Waals surface area (Å²) < 4.78 is 5.63. The first-order chi connectivity index (χ1) is 12.5. The number of anilines is 1. The molecule has 0 radical (unpaired) electrons. The summed E-state index contributed by atoms with van der Waals surface area (Å²) in [5, 5.41) is 10.7. The van der Waals surface area contributed by atoms with Crippen LogP contribution in [0.1, 0.15) is 29.8 Å². The molecule has 0 bridgehead atoms. The first-order valence-corrected chi connectivity index (χ1v) is 9.19. The van der Waals surface area contributed by atoms with E-state index in [2.05, 4.69) is 9.80 Å². The van der Waals surface area contributed by atoms with Crippen LogP contribution in [-0.4, -0.2) is 66.4 Å². The number of aromatic nitrogens is 1. The zero-order chi connectivity index (χ0) is 18.7. The summed E-state index contributed by atoms with van der Waals surface area (Å²) in [4.78, 5) is 21.1. The molecule has 1 N–H and O–H groups in total. The Kier molecular flexibility index (Phi) is 5.74. The number of ether oxygens (including phenoxy) is 1. The van der Waals surface area contributed by atoms with Gasteiger partial charge in [0.05, 0.1) is 18.2 Å². The van der Waals surface area contributed by atoms with Crippen LogP contribution in [0.3, 0.4) is 0 Å². The minimum absolute atomic E-state index is 0.249. The molecular weight excluding hydrogens is 330 g/mol. The van der Waals surface area contributed by atoms with Gasteiger partial charge < -0.3 is 14.7 Å². The van der Waals surface area contributed by atoms with E-state index in [9.17, 15) is 9.90 Å². The van der Waals surface area contributed by atoms with Crippen molar-refractivity contribution in [2.24, 2.45) is 0 Å². The van der Waals surface area contributed by atoms with Gasteiger partial charge in [-0.15, -0.1) is 0 Å². The standard InChI is InChI=1S/C20H27N3O3/c1-14(2)26-13-12-22-8-10-23(11-9-22)19-18(20(24)25)15(3)16-6-4-5-7-17(16)21-19/h4-7,14H,8-13H2,1-3H3,(H,24,25). The van der Waals surface area contributed by atoms with E-state index in [1.807, 2.05) is 45.0 Å². The fourth-order valence-corrected chi connectivity index (χ4v) is 3.45. The van der Waals surface area contributed by atoms with Crippen molar-refractivity contribution in [1.29, 1.82) is 0 Å². The number of hydrogen-bond donors (Lipinski definition) is 1. The summed E-state index contributed by atoms with van der Waals surface area (Å²) >= 11 is 0. The molecule has 0 unspecified atom stereocenters. The van der Waals surface area contributed by atoms with Crippen molar-refractivity contribution in [2.45, 2.75) is 26.9 Å². The highest BCUT2D eigenvalue weighted by Gasteiger charge is 2.25. The molecule has 2 heterocycles. The van der Waals surface area contributed by atoms with Crippen molar-refractivity contribution in [3.63, 3.8) is 0 Å². The highest BCUT2D eigenvalue weighted by molar-refractivity contribution is 6.01. The number of pyridine rings is 1. The van der Waals surface area contributed by atoms with Crippen molar-refractivity contribution >= 4 is 22.7 Å². The molecule has 1 aromatic carbocycles. The molecule has 1 aromatic heterocycles. The molecule has 1 saturated heterocycles. The van der Waals surface area contributed by atoms with Crippen molar-refractivity contribution in [3.05, 3.63) is 35.4 Å². The number of para-hydroxylation sites is 1. The van der Waals surface area contributed by atoms with E-state index in [0.29, 0.717) is 11.4 Å². The predicted octanol–water partition coefficient (Wildman–Crippen LogP) is 2.79. The second kappa shape index (κ2) is 8.01. The third-order valence-electron chi connectivity index (χ3n) is 4.88. The summed E-state index contributed by atoms with van der Waals surface area (Å²) in [6.45, 7) is 10.9. The number of carboxylic acids is 1. The number of fused-ring (bicyclic) bond motifs is 1. The molecule has 140 valence electrons. The predicted molar refractivity (Wildman–Crippen MR) is 103 cm³/mol. The average Bonchev–Trinajstić information content (AvgIpc) is 2.61.